The van der Waals surface area contributed by atoms with Crippen LogP contribution in [0.2, 0.25) is 0 Å². The summed E-state index contributed by atoms with van der Waals surface area (Å²) in [5.41, 5.74) is -4.92. The molecule has 0 unspecified atom stereocenters. The molecule has 10 heteroatoms. The van der Waals surface area contributed by atoms with Crippen molar-refractivity contribution >= 4 is 21.9 Å². The number of alkyl halides is 3. The lowest BCUT2D eigenvalue weighted by atomic mass is 10.1. The Morgan fingerprint density at radius 3 is 2.00 bits per heavy atom. The summed E-state index contributed by atoms with van der Waals surface area (Å²) in [5.74, 6) is -0.955. The molecule has 0 aliphatic carbocycles. The number of benzene rings is 1. The maximum Gasteiger partial charge on any atom is 0.523 e. The van der Waals surface area contributed by atoms with E-state index >= 15 is 0 Å². The van der Waals surface area contributed by atoms with Crippen LogP contribution in [0.25, 0.3) is 0 Å². The molecule has 2 amide bonds. The van der Waals surface area contributed by atoms with Crippen LogP contribution >= 0.6 is 0 Å². The number of rotatable bonds is 6. The topological polar surface area (TPSA) is 80.8 Å². The van der Waals surface area contributed by atoms with Crippen molar-refractivity contribution < 1.29 is 35.4 Å². The lowest BCUT2D eigenvalue weighted by molar-refractivity contribution is -0.0542. The number of carbonyl (C=O) groups is 2. The molecule has 1 aliphatic rings. The first-order valence-electron chi connectivity index (χ1n) is 6.56. The smallest absolute Gasteiger partial charge is 0.274 e. The van der Waals surface area contributed by atoms with Crippen LogP contribution in [-0.4, -0.2) is 43.8 Å². The second-order valence-electron chi connectivity index (χ2n) is 4.74. The highest BCUT2D eigenvalue weighted by molar-refractivity contribution is 7.87. The number of hydrogen-bond donors (Lipinski definition) is 0. The SMILES string of the molecule is O=C1c2ccccc2C(=O)N1CCCCOS(=O)(=O)C(F)(F)F. The van der Waals surface area contributed by atoms with E-state index < -0.39 is 34.0 Å². The summed E-state index contributed by atoms with van der Waals surface area (Å²) >= 11 is 0. The Bertz CT molecular complexity index is 694. The number of fused-ring (bicyclic) bond motifs is 1. The molecule has 0 saturated carbocycles. The summed E-state index contributed by atoms with van der Waals surface area (Å²) in [6.45, 7) is -0.702. The fourth-order valence-corrected chi connectivity index (χ4v) is 2.52. The summed E-state index contributed by atoms with van der Waals surface area (Å²) in [4.78, 5) is 25.0. The average Bonchev–Trinajstić information content (AvgIpc) is 2.71. The van der Waals surface area contributed by atoms with Crippen LogP contribution in [0, 0.1) is 0 Å². The zero-order valence-electron chi connectivity index (χ0n) is 11.7. The Morgan fingerprint density at radius 2 is 1.52 bits per heavy atom. The highest BCUT2D eigenvalue weighted by Gasteiger charge is 2.47. The lowest BCUT2D eigenvalue weighted by Crippen LogP contribution is -2.31. The van der Waals surface area contributed by atoms with Gasteiger partial charge in [0, 0.05) is 6.54 Å². The average molecular weight is 351 g/mol. The predicted molar refractivity (Wildman–Crippen MR) is 72.0 cm³/mol. The lowest BCUT2D eigenvalue weighted by Gasteiger charge is -2.13. The fraction of sp³-hybridized carbons (Fsp3) is 0.385. The zero-order valence-corrected chi connectivity index (χ0v) is 12.5. The minimum absolute atomic E-state index is 0.0260. The molecule has 0 N–H and O–H groups in total. The van der Waals surface area contributed by atoms with Crippen LogP contribution in [0.4, 0.5) is 13.2 Å². The zero-order chi connectivity index (χ0) is 17.3. The molecule has 1 aliphatic heterocycles. The number of imide groups is 1. The van der Waals surface area contributed by atoms with Crippen LogP contribution in [0.5, 0.6) is 0 Å². The van der Waals surface area contributed by atoms with E-state index in [1.54, 1.807) is 12.1 Å². The maximum absolute atomic E-state index is 12.0. The minimum atomic E-state index is -5.61. The number of hydrogen-bond acceptors (Lipinski definition) is 5. The van der Waals surface area contributed by atoms with Crippen molar-refractivity contribution in [2.24, 2.45) is 0 Å². The van der Waals surface area contributed by atoms with Gasteiger partial charge in [0.2, 0.25) is 0 Å². The Hall–Kier alpha value is -1.94. The molecule has 0 bridgehead atoms. The van der Waals surface area contributed by atoms with E-state index in [1.165, 1.54) is 12.1 Å². The third-order valence-electron chi connectivity index (χ3n) is 3.18. The van der Waals surface area contributed by atoms with Crippen molar-refractivity contribution in [1.82, 2.24) is 4.90 Å². The molecular weight excluding hydrogens is 339 g/mol. The number of amides is 2. The molecule has 23 heavy (non-hydrogen) atoms. The predicted octanol–water partition coefficient (Wildman–Crippen LogP) is 1.93. The van der Waals surface area contributed by atoms with Gasteiger partial charge in [-0.25, -0.2) is 0 Å². The van der Waals surface area contributed by atoms with E-state index in [9.17, 15) is 31.2 Å². The van der Waals surface area contributed by atoms with Crippen molar-refractivity contribution in [3.05, 3.63) is 35.4 Å². The quantitative estimate of drug-likeness (QED) is 0.339. The van der Waals surface area contributed by atoms with Crippen molar-refractivity contribution in [3.63, 3.8) is 0 Å². The van der Waals surface area contributed by atoms with Gasteiger partial charge in [0.15, 0.2) is 0 Å². The van der Waals surface area contributed by atoms with Crippen molar-refractivity contribution in [1.29, 1.82) is 0 Å². The fourth-order valence-electron chi connectivity index (χ4n) is 2.05. The van der Waals surface area contributed by atoms with Crippen LogP contribution in [-0.2, 0) is 14.3 Å². The minimum Gasteiger partial charge on any atom is -0.274 e. The molecule has 1 aromatic carbocycles. The standard InChI is InChI=1S/C13H12F3NO5S/c14-13(15,16)23(20,21)22-8-4-3-7-17-11(18)9-5-1-2-6-10(9)12(17)19/h1-2,5-6H,3-4,7-8H2. The summed E-state index contributed by atoms with van der Waals surface area (Å²) in [6.07, 6.45) is 0.0710. The van der Waals surface area contributed by atoms with Gasteiger partial charge in [-0.15, -0.1) is 0 Å². The van der Waals surface area contributed by atoms with Crippen LogP contribution in [0.1, 0.15) is 33.6 Å². The second-order valence-corrected chi connectivity index (χ2v) is 6.34. The van der Waals surface area contributed by atoms with Gasteiger partial charge >= 0.3 is 15.6 Å². The largest absolute Gasteiger partial charge is 0.523 e. The molecule has 0 radical (unpaired) electrons. The third kappa shape index (κ3) is 3.53. The number of nitrogens with zero attached hydrogens (tertiary/aromatic N) is 1. The Balaban J connectivity index is 1.83. The Morgan fingerprint density at radius 1 is 1.00 bits per heavy atom. The molecule has 0 fully saturated rings. The van der Waals surface area contributed by atoms with E-state index in [0.29, 0.717) is 0 Å². The molecule has 0 aromatic heterocycles. The molecule has 0 atom stereocenters. The molecule has 2 rings (SSSR count). The van der Waals surface area contributed by atoms with Crippen molar-refractivity contribution in [3.8, 4) is 0 Å². The summed E-state index contributed by atoms with van der Waals surface area (Å²) in [5, 5.41) is 0. The van der Waals surface area contributed by atoms with Gasteiger partial charge in [-0.1, -0.05) is 12.1 Å². The van der Waals surface area contributed by atoms with Gasteiger partial charge in [-0.2, -0.15) is 21.6 Å². The molecule has 1 heterocycles. The van der Waals surface area contributed by atoms with Crippen molar-refractivity contribution in [2.75, 3.05) is 13.2 Å². The van der Waals surface area contributed by atoms with E-state index in [4.69, 9.17) is 0 Å². The summed E-state index contributed by atoms with van der Waals surface area (Å²) in [6, 6.07) is 6.25. The number of carbonyl (C=O) groups excluding carboxylic acids is 2. The molecule has 126 valence electrons. The van der Waals surface area contributed by atoms with E-state index in [2.05, 4.69) is 4.18 Å². The Kier molecular flexibility index (Phi) is 4.76. The van der Waals surface area contributed by atoms with Crippen LogP contribution in [0.15, 0.2) is 24.3 Å². The van der Waals surface area contributed by atoms with Gasteiger partial charge in [-0.05, 0) is 25.0 Å². The monoisotopic (exact) mass is 351 g/mol. The highest BCUT2D eigenvalue weighted by atomic mass is 32.2. The number of unbranched alkanes of at least 4 members (excludes halogenated alkanes) is 1. The highest BCUT2D eigenvalue weighted by Crippen LogP contribution is 2.25. The first-order chi connectivity index (χ1) is 10.6. The molecule has 6 nitrogen and oxygen atoms in total. The van der Waals surface area contributed by atoms with E-state index in [0.717, 1.165) is 4.90 Å². The summed E-state index contributed by atoms with van der Waals surface area (Å²) in [7, 11) is -5.61. The first kappa shape index (κ1) is 17.4. The van der Waals surface area contributed by atoms with Gasteiger partial charge in [0.1, 0.15) is 0 Å². The van der Waals surface area contributed by atoms with Crippen LogP contribution < -0.4 is 0 Å². The second kappa shape index (κ2) is 6.28. The maximum atomic E-state index is 12.0. The Labute approximate surface area is 130 Å². The van der Waals surface area contributed by atoms with Gasteiger partial charge in [0.05, 0.1) is 17.7 Å². The van der Waals surface area contributed by atoms with E-state index in [1.807, 2.05) is 0 Å². The third-order valence-corrected chi connectivity index (χ3v) is 4.22. The normalized spacial score (nSPS) is 15.2. The van der Waals surface area contributed by atoms with Gasteiger partial charge in [-0.3, -0.25) is 18.7 Å². The summed E-state index contributed by atoms with van der Waals surface area (Å²) < 4.78 is 61.2. The van der Waals surface area contributed by atoms with Crippen molar-refractivity contribution in [2.45, 2.75) is 18.3 Å². The van der Waals surface area contributed by atoms with Gasteiger partial charge < -0.3 is 0 Å². The molecule has 0 spiro atoms. The molecule has 0 saturated heterocycles. The first-order valence-corrected chi connectivity index (χ1v) is 7.97. The van der Waals surface area contributed by atoms with Gasteiger partial charge in [0.25, 0.3) is 11.8 Å². The molecule has 1 aromatic rings. The molecular formula is C13H12F3NO5S. The van der Waals surface area contributed by atoms with Crippen LogP contribution in [0.3, 0.4) is 0 Å². The number of halogens is 3. The van der Waals surface area contributed by atoms with E-state index in [-0.39, 0.29) is 30.5 Å².